The van der Waals surface area contributed by atoms with Gasteiger partial charge in [-0.15, -0.1) is 11.5 Å². The molecular weight excluding hydrogens is 459 g/mol. The molecule has 0 heterocycles. The van der Waals surface area contributed by atoms with Gasteiger partial charge in [0.15, 0.2) is 0 Å². The Labute approximate surface area is 194 Å². The van der Waals surface area contributed by atoms with E-state index in [4.69, 9.17) is 14.2 Å². The largest absolute Gasteiger partial charge is 0.464 e. The van der Waals surface area contributed by atoms with Gasteiger partial charge >= 0.3 is 24.2 Å². The zero-order chi connectivity index (χ0) is 26.1. The molecule has 0 radical (unpaired) electrons. The molecule has 0 bridgehead atoms. The van der Waals surface area contributed by atoms with Gasteiger partial charge < -0.3 is 14.2 Å². The van der Waals surface area contributed by atoms with Crippen molar-refractivity contribution in [1.82, 2.24) is 5.32 Å². The van der Waals surface area contributed by atoms with Crippen LogP contribution >= 0.6 is 0 Å². The summed E-state index contributed by atoms with van der Waals surface area (Å²) in [6, 6.07) is 0. The van der Waals surface area contributed by atoms with Crippen LogP contribution in [0.3, 0.4) is 0 Å². The number of carbonyl (C=O) groups excluding carboxylic acids is 3. The first-order chi connectivity index (χ1) is 14.9. The number of hydrogen-bond donors (Lipinski definition) is 1. The van der Waals surface area contributed by atoms with Crippen molar-refractivity contribution in [2.45, 2.75) is 78.0 Å². The van der Waals surface area contributed by atoms with E-state index >= 15 is 0 Å². The van der Waals surface area contributed by atoms with E-state index in [1.54, 1.807) is 5.32 Å². The topological polar surface area (TPSA) is 90.9 Å². The molecule has 0 saturated heterocycles. The number of amides is 1. The average Bonchev–Trinajstić information content (AvgIpc) is 2.59. The van der Waals surface area contributed by atoms with Crippen molar-refractivity contribution < 1.29 is 41.8 Å². The van der Waals surface area contributed by atoms with Gasteiger partial charge in [-0.05, 0) is 34.6 Å². The Bertz CT molecular complexity index is 787. The van der Waals surface area contributed by atoms with Gasteiger partial charge in [0.25, 0.3) is 0 Å². The molecule has 2 unspecified atom stereocenters. The number of nitrogens with one attached hydrogen (secondary N) is 1. The van der Waals surface area contributed by atoms with Crippen LogP contribution in [0, 0.1) is 17.4 Å². The first-order valence-electron chi connectivity index (χ1n) is 10.5. The highest BCUT2D eigenvalue weighted by Gasteiger charge is 2.66. The van der Waals surface area contributed by atoms with Gasteiger partial charge in [-0.2, -0.15) is 13.2 Å². The molecule has 0 rings (SSSR count). The number of carbonyl (C=O) groups is 3. The van der Waals surface area contributed by atoms with E-state index in [0.717, 1.165) is 12.2 Å². The Hall–Kier alpha value is -2.48. The fourth-order valence-corrected chi connectivity index (χ4v) is 3.21. The number of alkyl halides is 3. The van der Waals surface area contributed by atoms with Crippen LogP contribution in [0.15, 0.2) is 12.2 Å². The summed E-state index contributed by atoms with van der Waals surface area (Å²) < 4.78 is 58.2. The van der Waals surface area contributed by atoms with Crippen LogP contribution in [-0.2, 0) is 23.8 Å². The van der Waals surface area contributed by atoms with Crippen molar-refractivity contribution in [3.8, 4) is 11.5 Å². The van der Waals surface area contributed by atoms with Gasteiger partial charge in [0.05, 0.1) is 13.2 Å². The Morgan fingerprint density at radius 2 is 1.58 bits per heavy atom. The molecule has 11 heteroatoms. The van der Waals surface area contributed by atoms with Crippen LogP contribution in [0.1, 0.15) is 41.0 Å². The summed E-state index contributed by atoms with van der Waals surface area (Å²) in [5.74, 6) is -1.77. The molecule has 0 aromatic rings. The highest BCUT2D eigenvalue weighted by molar-refractivity contribution is 6.83. The molecule has 1 N–H and O–H groups in total. The van der Waals surface area contributed by atoms with Crippen molar-refractivity contribution in [1.29, 1.82) is 0 Å². The van der Waals surface area contributed by atoms with Gasteiger partial charge in [-0.25, -0.2) is 14.4 Å². The maximum absolute atomic E-state index is 14.6. The molecule has 2 atom stereocenters. The summed E-state index contributed by atoms with van der Waals surface area (Å²) in [6.07, 6.45) is -5.64. The van der Waals surface area contributed by atoms with Gasteiger partial charge in [-0.3, -0.25) is 5.32 Å². The van der Waals surface area contributed by atoms with Crippen LogP contribution in [0.5, 0.6) is 0 Å². The summed E-state index contributed by atoms with van der Waals surface area (Å²) >= 11 is 0. The van der Waals surface area contributed by atoms with Crippen LogP contribution in [0.4, 0.5) is 18.0 Å². The van der Waals surface area contributed by atoms with Gasteiger partial charge in [0, 0.05) is 18.4 Å². The molecule has 0 saturated carbocycles. The summed E-state index contributed by atoms with van der Waals surface area (Å²) in [7, 11) is -1.98. The van der Waals surface area contributed by atoms with E-state index in [0.29, 0.717) is 0 Å². The lowest BCUT2D eigenvalue weighted by Crippen LogP contribution is -2.68. The molecular formula is C22H34F3NO6Si. The summed E-state index contributed by atoms with van der Waals surface area (Å²) in [5, 5.41) is 1.69. The quantitative estimate of drug-likeness (QED) is 0.177. The zero-order valence-corrected chi connectivity index (χ0v) is 21.4. The molecule has 0 fully saturated rings. The van der Waals surface area contributed by atoms with E-state index in [9.17, 15) is 27.6 Å². The van der Waals surface area contributed by atoms with Gasteiger partial charge in [0.1, 0.15) is 13.7 Å². The van der Waals surface area contributed by atoms with Crippen LogP contribution in [0.25, 0.3) is 0 Å². The number of alkyl carbamates (subject to hydrolysis) is 1. The van der Waals surface area contributed by atoms with Crippen LogP contribution in [0.2, 0.25) is 19.6 Å². The summed E-state index contributed by atoms with van der Waals surface area (Å²) in [4.78, 5) is 37.0. The van der Waals surface area contributed by atoms with Crippen LogP contribution in [-0.4, -0.2) is 56.6 Å². The molecule has 0 aliphatic heterocycles. The summed E-state index contributed by atoms with van der Waals surface area (Å²) in [5.41, 5.74) is -1.76. The highest BCUT2D eigenvalue weighted by atomic mass is 28.3. The molecule has 1 amide bonds. The van der Waals surface area contributed by atoms with E-state index in [1.165, 1.54) is 34.6 Å². The van der Waals surface area contributed by atoms with E-state index in [1.807, 2.05) is 19.6 Å². The minimum Gasteiger partial charge on any atom is -0.464 e. The van der Waals surface area contributed by atoms with Gasteiger partial charge in [-0.1, -0.05) is 25.7 Å². The molecule has 0 aliphatic carbocycles. The minimum absolute atomic E-state index is 0.00170. The minimum atomic E-state index is -5.32. The summed E-state index contributed by atoms with van der Waals surface area (Å²) in [6.45, 7) is 12.6. The molecule has 0 aliphatic rings. The number of halogens is 3. The maximum Gasteiger partial charge on any atom is 0.423 e. The number of rotatable bonds is 8. The molecule has 188 valence electrons. The second kappa shape index (κ2) is 12.1. The molecule has 0 aromatic carbocycles. The second-order valence-corrected chi connectivity index (χ2v) is 13.9. The fraction of sp³-hybridized carbons (Fsp3) is 0.682. The molecule has 0 spiro atoms. The molecule has 7 nitrogen and oxygen atoms in total. The van der Waals surface area contributed by atoms with Crippen LogP contribution < -0.4 is 5.32 Å². The lowest BCUT2D eigenvalue weighted by atomic mass is 9.80. The van der Waals surface area contributed by atoms with Crippen molar-refractivity contribution in [2.75, 3.05) is 13.2 Å². The monoisotopic (exact) mass is 493 g/mol. The smallest absolute Gasteiger partial charge is 0.423 e. The third-order valence-electron chi connectivity index (χ3n) is 3.84. The number of hydrogen-bond acceptors (Lipinski definition) is 6. The Balaban J connectivity index is 6.77. The Morgan fingerprint density at radius 3 is 2.00 bits per heavy atom. The Morgan fingerprint density at radius 1 is 1.03 bits per heavy atom. The van der Waals surface area contributed by atoms with E-state index in [-0.39, 0.29) is 13.2 Å². The maximum atomic E-state index is 14.6. The third kappa shape index (κ3) is 10.3. The third-order valence-corrected chi connectivity index (χ3v) is 4.76. The second-order valence-electron chi connectivity index (χ2n) is 9.13. The first kappa shape index (κ1) is 30.5. The van der Waals surface area contributed by atoms with Crippen molar-refractivity contribution in [2.24, 2.45) is 5.92 Å². The first-order valence-corrected chi connectivity index (χ1v) is 14.0. The zero-order valence-electron chi connectivity index (χ0n) is 20.4. The predicted octanol–water partition coefficient (Wildman–Crippen LogP) is 4.38. The van der Waals surface area contributed by atoms with E-state index < -0.39 is 55.8 Å². The van der Waals surface area contributed by atoms with Gasteiger partial charge in [0.2, 0.25) is 5.54 Å². The SMILES string of the molecule is CCOC(=O)/C=C/C(CC#C[Si](C)(C)C)C(NC(=O)OC(C)(C)C)(C(=O)OCC)C(F)(F)F. The molecule has 33 heavy (non-hydrogen) atoms. The Kier molecular flexibility index (Phi) is 11.2. The molecule has 0 aromatic heterocycles. The van der Waals surface area contributed by atoms with E-state index in [2.05, 4.69) is 11.5 Å². The standard InChI is InChI=1S/C22H34F3NO6Si/c1-9-30-17(27)14-13-16(12-11-15-33(6,7)8)21(22(23,24)25,18(28)31-10-2)26-19(29)32-20(3,4)5/h13-14,16H,9-10,12H2,1-8H3,(H,26,29)/b14-13+. The van der Waals surface area contributed by atoms with Crippen molar-refractivity contribution >= 4 is 26.1 Å². The fourth-order valence-electron chi connectivity index (χ4n) is 2.58. The average molecular weight is 494 g/mol. The lowest BCUT2D eigenvalue weighted by molar-refractivity contribution is -0.220. The number of ether oxygens (including phenoxy) is 3. The van der Waals surface area contributed by atoms with Crippen molar-refractivity contribution in [3.63, 3.8) is 0 Å². The highest BCUT2D eigenvalue weighted by Crippen LogP contribution is 2.40. The lowest BCUT2D eigenvalue weighted by Gasteiger charge is -2.38. The van der Waals surface area contributed by atoms with Crippen molar-refractivity contribution in [3.05, 3.63) is 12.2 Å². The number of esters is 2. The predicted molar refractivity (Wildman–Crippen MR) is 120 cm³/mol. The normalized spacial score (nSPS) is 15.0.